The van der Waals surface area contributed by atoms with Crippen LogP contribution in [0.2, 0.25) is 0 Å². The number of nitrogens with zero attached hydrogens (tertiary/aromatic N) is 2. The van der Waals surface area contributed by atoms with Crippen molar-refractivity contribution in [2.45, 2.75) is 10.8 Å². The molecule has 0 fully saturated rings. The molecule has 0 aromatic carbocycles. The van der Waals surface area contributed by atoms with Gasteiger partial charge in [-0.3, -0.25) is 0 Å². The average molecular weight is 316 g/mol. The zero-order valence-electron chi connectivity index (χ0n) is 10.2. The summed E-state index contributed by atoms with van der Waals surface area (Å²) < 4.78 is 54.3. The standard InChI is InChI=1S/C8H14F2N4O3S2/c1-14(2)19(16,17)5-6(11)13-18-7(5)12-3-8(9,10)4-15/h12,15H,3-4H2,1-2H3,(H2,11,13). The van der Waals surface area contributed by atoms with Crippen LogP contribution in [0.15, 0.2) is 4.90 Å². The highest BCUT2D eigenvalue weighted by atomic mass is 32.2. The van der Waals surface area contributed by atoms with Gasteiger partial charge in [0.25, 0.3) is 5.92 Å². The third-order valence-electron chi connectivity index (χ3n) is 2.15. The summed E-state index contributed by atoms with van der Waals surface area (Å²) in [5.41, 5.74) is 5.45. The fourth-order valence-corrected chi connectivity index (χ4v) is 3.18. The number of nitrogen functional groups attached to an aromatic ring is 1. The first kappa shape index (κ1) is 16.0. The van der Waals surface area contributed by atoms with Gasteiger partial charge in [-0.2, -0.15) is 4.37 Å². The predicted octanol–water partition coefficient (Wildman–Crippen LogP) is 0.0151. The number of rotatable bonds is 6. The molecular formula is C8H14F2N4O3S2. The molecule has 0 unspecified atom stereocenters. The van der Waals surface area contributed by atoms with Gasteiger partial charge in [0, 0.05) is 14.1 Å². The summed E-state index contributed by atoms with van der Waals surface area (Å²) in [7, 11) is -1.30. The zero-order chi connectivity index (χ0) is 14.8. The van der Waals surface area contributed by atoms with E-state index in [0.717, 1.165) is 4.31 Å². The summed E-state index contributed by atoms with van der Waals surface area (Å²) in [5.74, 6) is -3.62. The molecule has 1 aromatic heterocycles. The number of aliphatic hydroxyl groups is 1. The lowest BCUT2D eigenvalue weighted by atomic mass is 10.3. The molecule has 0 atom stereocenters. The number of alkyl halides is 2. The molecule has 110 valence electrons. The summed E-state index contributed by atoms with van der Waals surface area (Å²) in [6, 6.07) is 0. The number of hydrogen-bond acceptors (Lipinski definition) is 7. The zero-order valence-corrected chi connectivity index (χ0v) is 11.9. The van der Waals surface area contributed by atoms with Gasteiger partial charge in [-0.25, -0.2) is 21.5 Å². The number of nitrogens with two attached hydrogens (primary N) is 1. The number of halogens is 2. The number of aliphatic hydroxyl groups excluding tert-OH is 1. The SMILES string of the molecule is CN(C)S(=O)(=O)c1c(N)nsc1NCC(F)(F)CO. The van der Waals surface area contributed by atoms with Gasteiger partial charge in [0.2, 0.25) is 10.0 Å². The quantitative estimate of drug-likeness (QED) is 0.682. The molecular weight excluding hydrogens is 302 g/mol. The number of nitrogens with one attached hydrogen (secondary N) is 1. The van der Waals surface area contributed by atoms with Crippen LogP contribution in [0.4, 0.5) is 19.6 Å². The van der Waals surface area contributed by atoms with Crippen molar-refractivity contribution >= 4 is 32.4 Å². The second kappa shape index (κ2) is 5.53. The van der Waals surface area contributed by atoms with Gasteiger partial charge in [-0.15, -0.1) is 0 Å². The molecule has 1 heterocycles. The maximum Gasteiger partial charge on any atom is 0.287 e. The molecule has 0 bridgehead atoms. The summed E-state index contributed by atoms with van der Waals surface area (Å²) in [6.45, 7) is -2.26. The van der Waals surface area contributed by atoms with E-state index in [4.69, 9.17) is 10.8 Å². The summed E-state index contributed by atoms with van der Waals surface area (Å²) in [4.78, 5) is -0.337. The molecule has 1 rings (SSSR count). The third-order valence-corrected chi connectivity index (χ3v) is 4.99. The average Bonchev–Trinajstić information content (AvgIpc) is 2.68. The first-order valence-electron chi connectivity index (χ1n) is 5.02. The van der Waals surface area contributed by atoms with E-state index in [1.54, 1.807) is 0 Å². The molecule has 0 radical (unpaired) electrons. The van der Waals surface area contributed by atoms with E-state index in [-0.39, 0.29) is 15.7 Å². The van der Waals surface area contributed by atoms with E-state index in [1.807, 2.05) is 0 Å². The highest BCUT2D eigenvalue weighted by Gasteiger charge is 2.31. The van der Waals surface area contributed by atoms with E-state index in [2.05, 4.69) is 9.69 Å². The van der Waals surface area contributed by atoms with Crippen LogP contribution in [-0.4, -0.2) is 55.4 Å². The van der Waals surface area contributed by atoms with Gasteiger partial charge in [-0.1, -0.05) is 0 Å². The van der Waals surface area contributed by atoms with Crippen molar-refractivity contribution in [1.29, 1.82) is 0 Å². The smallest absolute Gasteiger partial charge is 0.287 e. The lowest BCUT2D eigenvalue weighted by molar-refractivity contribution is -0.0372. The van der Waals surface area contributed by atoms with Crippen LogP contribution in [0.5, 0.6) is 0 Å². The minimum absolute atomic E-state index is 0.0840. The third kappa shape index (κ3) is 3.49. The molecule has 11 heteroatoms. The predicted molar refractivity (Wildman–Crippen MR) is 67.9 cm³/mol. The number of hydrogen-bond donors (Lipinski definition) is 3. The van der Waals surface area contributed by atoms with Crippen LogP contribution in [0, 0.1) is 0 Å². The molecule has 0 aliphatic carbocycles. The fourth-order valence-electron chi connectivity index (χ4n) is 1.10. The Morgan fingerprint density at radius 1 is 1.53 bits per heavy atom. The minimum Gasteiger partial charge on any atom is -0.390 e. The molecule has 0 spiro atoms. The fraction of sp³-hybridized carbons (Fsp3) is 0.625. The van der Waals surface area contributed by atoms with Crippen molar-refractivity contribution < 1.29 is 22.3 Å². The molecule has 7 nitrogen and oxygen atoms in total. The Bertz CT molecular complexity index is 544. The summed E-state index contributed by atoms with van der Waals surface area (Å²) in [5, 5.41) is 10.6. The second-order valence-corrected chi connectivity index (χ2v) is 6.74. The number of aromatic nitrogens is 1. The first-order chi connectivity index (χ1) is 8.62. The topological polar surface area (TPSA) is 109 Å². The second-order valence-electron chi connectivity index (χ2n) is 3.88. The molecule has 0 amide bonds. The Morgan fingerprint density at radius 2 is 2.11 bits per heavy atom. The normalized spacial score (nSPS) is 12.9. The van der Waals surface area contributed by atoms with Crippen molar-refractivity contribution in [2.75, 3.05) is 38.3 Å². The Labute approximate surface area is 113 Å². The van der Waals surface area contributed by atoms with E-state index in [1.165, 1.54) is 14.1 Å². The van der Waals surface area contributed by atoms with Gasteiger partial charge < -0.3 is 16.2 Å². The number of sulfonamides is 1. The molecule has 4 N–H and O–H groups in total. The van der Waals surface area contributed by atoms with Gasteiger partial charge in [0.15, 0.2) is 10.7 Å². The molecule has 1 aromatic rings. The van der Waals surface area contributed by atoms with Crippen LogP contribution in [0.1, 0.15) is 0 Å². The lowest BCUT2D eigenvalue weighted by Crippen LogP contribution is -2.31. The Hall–Kier alpha value is -1.04. The molecule has 0 aliphatic heterocycles. The highest BCUT2D eigenvalue weighted by molar-refractivity contribution is 7.89. The van der Waals surface area contributed by atoms with Crippen LogP contribution in [0.3, 0.4) is 0 Å². The lowest BCUT2D eigenvalue weighted by Gasteiger charge is -2.16. The molecule has 19 heavy (non-hydrogen) atoms. The minimum atomic E-state index is -3.88. The summed E-state index contributed by atoms with van der Waals surface area (Å²) >= 11 is 0.665. The Morgan fingerprint density at radius 3 is 2.58 bits per heavy atom. The van der Waals surface area contributed by atoms with Crippen molar-refractivity contribution in [2.24, 2.45) is 0 Å². The maximum atomic E-state index is 12.9. The largest absolute Gasteiger partial charge is 0.390 e. The highest BCUT2D eigenvalue weighted by Crippen LogP contribution is 2.33. The maximum absolute atomic E-state index is 12.9. The van der Waals surface area contributed by atoms with Crippen LogP contribution < -0.4 is 11.1 Å². The molecule has 0 saturated heterocycles. The van der Waals surface area contributed by atoms with Crippen molar-refractivity contribution in [3.05, 3.63) is 0 Å². The first-order valence-corrected chi connectivity index (χ1v) is 7.23. The Balaban J connectivity index is 3.06. The van der Waals surface area contributed by atoms with Crippen LogP contribution in [-0.2, 0) is 10.0 Å². The van der Waals surface area contributed by atoms with Crippen molar-refractivity contribution in [3.8, 4) is 0 Å². The number of anilines is 2. The van der Waals surface area contributed by atoms with Gasteiger partial charge in [0.05, 0.1) is 6.54 Å². The van der Waals surface area contributed by atoms with Crippen LogP contribution in [0.25, 0.3) is 0 Å². The van der Waals surface area contributed by atoms with E-state index < -0.39 is 29.1 Å². The summed E-state index contributed by atoms with van der Waals surface area (Å²) in [6.07, 6.45) is 0. The van der Waals surface area contributed by atoms with Gasteiger partial charge >= 0.3 is 0 Å². The van der Waals surface area contributed by atoms with Crippen LogP contribution >= 0.6 is 11.5 Å². The van der Waals surface area contributed by atoms with E-state index in [0.29, 0.717) is 11.5 Å². The Kier molecular flexibility index (Phi) is 4.66. The van der Waals surface area contributed by atoms with E-state index >= 15 is 0 Å². The monoisotopic (exact) mass is 316 g/mol. The van der Waals surface area contributed by atoms with Crippen molar-refractivity contribution in [3.63, 3.8) is 0 Å². The molecule has 0 saturated carbocycles. The van der Waals surface area contributed by atoms with Gasteiger partial charge in [0.1, 0.15) is 11.6 Å². The molecule has 0 aliphatic rings. The van der Waals surface area contributed by atoms with Gasteiger partial charge in [-0.05, 0) is 11.5 Å². The van der Waals surface area contributed by atoms with E-state index in [9.17, 15) is 17.2 Å². The van der Waals surface area contributed by atoms with Crippen molar-refractivity contribution in [1.82, 2.24) is 8.68 Å².